The molecule has 1 rings (SSSR count). The molecule has 0 fully saturated rings. The Kier molecular flexibility index (Phi) is 5.09. The summed E-state index contributed by atoms with van der Waals surface area (Å²) < 4.78 is 18.3. The number of rotatable bonds is 4. The van der Waals surface area contributed by atoms with Gasteiger partial charge in [0.2, 0.25) is 5.91 Å². The zero-order valence-electron chi connectivity index (χ0n) is 9.13. The second-order valence-corrected chi connectivity index (χ2v) is 4.18. The van der Waals surface area contributed by atoms with Crippen LogP contribution in [0.15, 0.2) is 22.7 Å². The van der Waals surface area contributed by atoms with E-state index in [-0.39, 0.29) is 13.0 Å². The lowest BCUT2D eigenvalue weighted by molar-refractivity contribution is -0.143. The van der Waals surface area contributed by atoms with Crippen LogP contribution >= 0.6 is 15.9 Å². The first kappa shape index (κ1) is 13.6. The van der Waals surface area contributed by atoms with E-state index in [1.54, 1.807) is 12.1 Å². The topological polar surface area (TPSA) is 55.4 Å². The van der Waals surface area contributed by atoms with E-state index in [1.807, 2.05) is 0 Å². The van der Waals surface area contributed by atoms with E-state index in [1.165, 1.54) is 13.2 Å². The first-order chi connectivity index (χ1) is 8.02. The quantitative estimate of drug-likeness (QED) is 0.681. The van der Waals surface area contributed by atoms with E-state index >= 15 is 0 Å². The predicted molar refractivity (Wildman–Crippen MR) is 62.6 cm³/mol. The Labute approximate surface area is 106 Å². The third-order valence-corrected chi connectivity index (χ3v) is 2.51. The summed E-state index contributed by atoms with van der Waals surface area (Å²) in [6, 6.07) is 4.43. The highest BCUT2D eigenvalue weighted by Gasteiger charge is 2.10. The number of esters is 1. The number of carbonyl (C=O) groups excluding carboxylic acids is 2. The van der Waals surface area contributed by atoms with Crippen LogP contribution in [0.4, 0.5) is 4.39 Å². The van der Waals surface area contributed by atoms with Crippen molar-refractivity contribution in [2.75, 3.05) is 7.11 Å². The van der Waals surface area contributed by atoms with Gasteiger partial charge in [0.05, 0.1) is 7.11 Å². The van der Waals surface area contributed by atoms with Gasteiger partial charge in [0, 0.05) is 16.6 Å². The second-order valence-electron chi connectivity index (χ2n) is 3.27. The molecule has 0 saturated carbocycles. The molecule has 0 aliphatic rings. The Balaban J connectivity index is 2.53. The largest absolute Gasteiger partial charge is 0.469 e. The van der Waals surface area contributed by atoms with E-state index in [9.17, 15) is 14.0 Å². The fraction of sp³-hybridized carbons (Fsp3) is 0.273. The van der Waals surface area contributed by atoms with E-state index in [0.717, 1.165) is 4.47 Å². The molecule has 1 aromatic carbocycles. The summed E-state index contributed by atoms with van der Waals surface area (Å²) in [6.07, 6.45) is -0.369. The lowest BCUT2D eigenvalue weighted by Crippen LogP contribution is -2.26. The molecule has 0 aliphatic heterocycles. The minimum Gasteiger partial charge on any atom is -0.469 e. The normalized spacial score (nSPS) is 9.82. The smallest absolute Gasteiger partial charge is 0.315 e. The Bertz CT molecular complexity index is 437. The second kappa shape index (κ2) is 6.34. The van der Waals surface area contributed by atoms with Crippen LogP contribution in [-0.4, -0.2) is 19.0 Å². The van der Waals surface area contributed by atoms with Gasteiger partial charge in [-0.1, -0.05) is 15.9 Å². The number of methoxy groups -OCH3 is 1. The summed E-state index contributed by atoms with van der Waals surface area (Å²) in [5.74, 6) is -1.54. The Morgan fingerprint density at radius 1 is 1.47 bits per heavy atom. The van der Waals surface area contributed by atoms with Crippen molar-refractivity contribution in [2.24, 2.45) is 0 Å². The number of carbonyl (C=O) groups is 2. The van der Waals surface area contributed by atoms with Crippen LogP contribution in [0.3, 0.4) is 0 Å². The van der Waals surface area contributed by atoms with Crippen LogP contribution in [0, 0.1) is 5.82 Å². The van der Waals surface area contributed by atoms with Gasteiger partial charge < -0.3 is 10.1 Å². The fourth-order valence-electron chi connectivity index (χ4n) is 1.14. The van der Waals surface area contributed by atoms with E-state index in [4.69, 9.17) is 0 Å². The third-order valence-electron chi connectivity index (χ3n) is 2.02. The van der Waals surface area contributed by atoms with Gasteiger partial charge in [-0.05, 0) is 18.2 Å². The van der Waals surface area contributed by atoms with Crippen molar-refractivity contribution >= 4 is 27.8 Å². The molecule has 17 heavy (non-hydrogen) atoms. The Morgan fingerprint density at radius 3 is 2.82 bits per heavy atom. The van der Waals surface area contributed by atoms with E-state index < -0.39 is 17.7 Å². The van der Waals surface area contributed by atoms with Gasteiger partial charge in [-0.3, -0.25) is 9.59 Å². The Hall–Kier alpha value is -1.43. The molecule has 0 aromatic heterocycles. The monoisotopic (exact) mass is 303 g/mol. The molecule has 92 valence electrons. The van der Waals surface area contributed by atoms with Gasteiger partial charge in [-0.15, -0.1) is 0 Å². The predicted octanol–water partition coefficient (Wildman–Crippen LogP) is 1.77. The molecule has 1 aromatic rings. The first-order valence-corrected chi connectivity index (χ1v) is 5.59. The van der Waals surface area contributed by atoms with Crippen LogP contribution in [0.2, 0.25) is 0 Å². The van der Waals surface area contributed by atoms with Gasteiger partial charge >= 0.3 is 5.97 Å². The van der Waals surface area contributed by atoms with Crippen LogP contribution in [0.1, 0.15) is 12.0 Å². The van der Waals surface area contributed by atoms with Crippen molar-refractivity contribution < 1.29 is 18.7 Å². The molecule has 0 atom stereocenters. The number of hydrogen-bond donors (Lipinski definition) is 1. The summed E-state index contributed by atoms with van der Waals surface area (Å²) in [5.41, 5.74) is 0.345. The summed E-state index contributed by atoms with van der Waals surface area (Å²) in [7, 11) is 1.20. The van der Waals surface area contributed by atoms with Crippen LogP contribution < -0.4 is 5.32 Å². The lowest BCUT2D eigenvalue weighted by Gasteiger charge is -2.06. The standard InChI is InChI=1S/C11H11BrFNO3/c1-17-11(16)5-10(15)14-6-7-4-8(12)2-3-9(7)13/h2-4H,5-6H2,1H3,(H,14,15). The minimum atomic E-state index is -0.628. The molecule has 0 aliphatic carbocycles. The highest BCUT2D eigenvalue weighted by molar-refractivity contribution is 9.10. The molecular weight excluding hydrogens is 293 g/mol. The molecule has 0 saturated heterocycles. The Morgan fingerprint density at radius 2 is 2.18 bits per heavy atom. The number of benzene rings is 1. The lowest BCUT2D eigenvalue weighted by atomic mass is 10.2. The number of halogens is 2. The zero-order valence-corrected chi connectivity index (χ0v) is 10.7. The average molecular weight is 304 g/mol. The van der Waals surface area contributed by atoms with E-state index in [2.05, 4.69) is 26.0 Å². The SMILES string of the molecule is COC(=O)CC(=O)NCc1cc(Br)ccc1F. The zero-order chi connectivity index (χ0) is 12.8. The molecule has 0 radical (unpaired) electrons. The van der Waals surface area contributed by atoms with Crippen LogP contribution in [-0.2, 0) is 20.9 Å². The van der Waals surface area contributed by atoms with Crippen LogP contribution in [0.25, 0.3) is 0 Å². The molecule has 0 unspecified atom stereocenters. The van der Waals surface area contributed by atoms with Crippen molar-refractivity contribution in [3.05, 3.63) is 34.1 Å². The number of hydrogen-bond acceptors (Lipinski definition) is 3. The molecule has 1 N–H and O–H groups in total. The number of nitrogens with one attached hydrogen (secondary N) is 1. The fourth-order valence-corrected chi connectivity index (χ4v) is 1.55. The third kappa shape index (κ3) is 4.52. The molecule has 6 heteroatoms. The molecular formula is C11H11BrFNO3. The molecule has 0 spiro atoms. The van der Waals surface area contributed by atoms with Gasteiger partial charge in [0.25, 0.3) is 0 Å². The van der Waals surface area contributed by atoms with Gasteiger partial charge in [-0.25, -0.2) is 4.39 Å². The van der Waals surface area contributed by atoms with E-state index in [0.29, 0.717) is 5.56 Å². The first-order valence-electron chi connectivity index (χ1n) is 4.80. The summed E-state index contributed by atoms with van der Waals surface area (Å²) in [5, 5.41) is 2.43. The van der Waals surface area contributed by atoms with Gasteiger partial charge in [-0.2, -0.15) is 0 Å². The summed E-state index contributed by atoms with van der Waals surface area (Å²) >= 11 is 3.20. The van der Waals surface area contributed by atoms with Crippen molar-refractivity contribution in [1.82, 2.24) is 5.32 Å². The maximum Gasteiger partial charge on any atom is 0.315 e. The van der Waals surface area contributed by atoms with Crippen molar-refractivity contribution in [3.8, 4) is 0 Å². The number of ether oxygens (including phenoxy) is 1. The van der Waals surface area contributed by atoms with Crippen molar-refractivity contribution in [3.63, 3.8) is 0 Å². The average Bonchev–Trinajstić information content (AvgIpc) is 2.30. The van der Waals surface area contributed by atoms with Gasteiger partial charge in [0.1, 0.15) is 12.2 Å². The minimum absolute atomic E-state index is 0.0289. The summed E-state index contributed by atoms with van der Waals surface area (Å²) in [6.45, 7) is 0.0289. The van der Waals surface area contributed by atoms with Crippen molar-refractivity contribution in [1.29, 1.82) is 0 Å². The highest BCUT2D eigenvalue weighted by Crippen LogP contribution is 2.15. The number of amides is 1. The maximum absolute atomic E-state index is 13.3. The highest BCUT2D eigenvalue weighted by atomic mass is 79.9. The molecule has 0 bridgehead atoms. The van der Waals surface area contributed by atoms with Crippen LogP contribution in [0.5, 0.6) is 0 Å². The van der Waals surface area contributed by atoms with Crippen molar-refractivity contribution in [2.45, 2.75) is 13.0 Å². The molecule has 1 amide bonds. The maximum atomic E-state index is 13.3. The van der Waals surface area contributed by atoms with Gasteiger partial charge in [0.15, 0.2) is 0 Å². The molecule has 0 heterocycles. The summed E-state index contributed by atoms with van der Waals surface area (Å²) in [4.78, 5) is 22.0. The molecule has 4 nitrogen and oxygen atoms in total.